The van der Waals surface area contributed by atoms with E-state index < -0.39 is 17.4 Å². The number of nitrogens with one attached hydrogen (secondary N) is 1. The molecule has 0 saturated heterocycles. The number of alkyl halides is 3. The number of nitrogens with zero attached hydrogens (tertiary/aromatic N) is 1. The van der Waals surface area contributed by atoms with E-state index in [0.717, 1.165) is 29.3 Å². The Morgan fingerprint density at radius 3 is 2.62 bits per heavy atom. The van der Waals surface area contributed by atoms with E-state index in [-0.39, 0.29) is 5.16 Å². The van der Waals surface area contributed by atoms with Gasteiger partial charge < -0.3 is 4.98 Å². The van der Waals surface area contributed by atoms with Crippen molar-refractivity contribution in [3.05, 3.63) is 57.5 Å². The zero-order valence-electron chi connectivity index (χ0n) is 11.2. The Balaban J connectivity index is 2.16. The van der Waals surface area contributed by atoms with Crippen molar-refractivity contribution in [3.8, 4) is 0 Å². The summed E-state index contributed by atoms with van der Waals surface area (Å²) >= 11 is 1.07. The van der Waals surface area contributed by atoms with Crippen LogP contribution in [0.25, 0.3) is 0 Å². The molecule has 0 aliphatic carbocycles. The fourth-order valence-electron chi connectivity index (χ4n) is 1.74. The smallest absolute Gasteiger partial charge is 0.301 e. The molecule has 0 aliphatic rings. The van der Waals surface area contributed by atoms with Crippen LogP contribution < -0.4 is 5.56 Å². The van der Waals surface area contributed by atoms with Gasteiger partial charge in [-0.3, -0.25) is 4.79 Å². The first-order chi connectivity index (χ1) is 9.88. The monoisotopic (exact) mass is 314 g/mol. The van der Waals surface area contributed by atoms with Crippen molar-refractivity contribution in [2.75, 3.05) is 0 Å². The maximum atomic E-state index is 12.6. The van der Waals surface area contributed by atoms with Crippen LogP contribution in [0.15, 0.2) is 40.3 Å². The summed E-state index contributed by atoms with van der Waals surface area (Å²) in [7, 11) is 0. The van der Waals surface area contributed by atoms with Gasteiger partial charge in [-0.1, -0.05) is 43.0 Å². The van der Waals surface area contributed by atoms with Crippen LogP contribution in [-0.2, 0) is 18.3 Å². The van der Waals surface area contributed by atoms with Crippen molar-refractivity contribution >= 4 is 11.8 Å². The van der Waals surface area contributed by atoms with Crippen LogP contribution in [0.5, 0.6) is 0 Å². The summed E-state index contributed by atoms with van der Waals surface area (Å²) in [5, 5.41) is -0.0308. The SMILES string of the molecule is CCc1cccc(CSc2nc(C(F)(F)F)cc(=O)[nH]2)c1. The molecule has 1 N–H and O–H groups in total. The van der Waals surface area contributed by atoms with Crippen LogP contribution in [0.4, 0.5) is 13.2 Å². The molecule has 2 aromatic rings. The molecule has 7 heteroatoms. The van der Waals surface area contributed by atoms with Crippen LogP contribution in [0.1, 0.15) is 23.7 Å². The second kappa shape index (κ2) is 6.34. The van der Waals surface area contributed by atoms with Gasteiger partial charge in [0, 0.05) is 11.8 Å². The third-order valence-electron chi connectivity index (χ3n) is 2.79. The van der Waals surface area contributed by atoms with Crippen LogP contribution in [0.3, 0.4) is 0 Å². The Bertz CT molecular complexity index is 682. The molecule has 1 aromatic carbocycles. The largest absolute Gasteiger partial charge is 0.433 e. The number of aryl methyl sites for hydroxylation is 1. The summed E-state index contributed by atoms with van der Waals surface area (Å²) in [5.74, 6) is 0.443. The zero-order chi connectivity index (χ0) is 15.5. The van der Waals surface area contributed by atoms with Gasteiger partial charge in [-0.05, 0) is 17.5 Å². The Morgan fingerprint density at radius 2 is 1.95 bits per heavy atom. The number of rotatable bonds is 4. The predicted molar refractivity (Wildman–Crippen MR) is 75.2 cm³/mol. The van der Waals surface area contributed by atoms with Crippen molar-refractivity contribution in [1.82, 2.24) is 9.97 Å². The lowest BCUT2D eigenvalue weighted by Crippen LogP contribution is -2.16. The highest BCUT2D eigenvalue weighted by atomic mass is 32.2. The Morgan fingerprint density at radius 1 is 1.24 bits per heavy atom. The quantitative estimate of drug-likeness (QED) is 0.692. The molecule has 0 aliphatic heterocycles. The predicted octanol–water partition coefficient (Wildman–Crippen LogP) is 3.64. The molecular formula is C14H13F3N2OS. The lowest BCUT2D eigenvalue weighted by molar-refractivity contribution is -0.141. The average Bonchev–Trinajstić information content (AvgIpc) is 2.44. The lowest BCUT2D eigenvalue weighted by atomic mass is 10.1. The molecular weight excluding hydrogens is 301 g/mol. The van der Waals surface area contributed by atoms with Gasteiger partial charge >= 0.3 is 6.18 Å². The minimum absolute atomic E-state index is 0.0308. The van der Waals surface area contributed by atoms with Gasteiger partial charge in [-0.15, -0.1) is 0 Å². The van der Waals surface area contributed by atoms with E-state index in [1.54, 1.807) is 0 Å². The summed E-state index contributed by atoms with van der Waals surface area (Å²) in [6.45, 7) is 2.03. The van der Waals surface area contributed by atoms with Crippen molar-refractivity contribution in [2.24, 2.45) is 0 Å². The van der Waals surface area contributed by atoms with Crippen molar-refractivity contribution in [1.29, 1.82) is 0 Å². The molecule has 0 bridgehead atoms. The van der Waals surface area contributed by atoms with Crippen molar-refractivity contribution < 1.29 is 13.2 Å². The second-order valence-electron chi connectivity index (χ2n) is 4.40. The number of aromatic nitrogens is 2. The summed E-state index contributed by atoms with van der Waals surface area (Å²) in [6, 6.07) is 8.22. The number of benzene rings is 1. The molecule has 21 heavy (non-hydrogen) atoms. The van der Waals surface area contributed by atoms with E-state index in [1.165, 1.54) is 0 Å². The highest BCUT2D eigenvalue weighted by Crippen LogP contribution is 2.28. The van der Waals surface area contributed by atoms with Crippen molar-refractivity contribution in [3.63, 3.8) is 0 Å². The third kappa shape index (κ3) is 4.35. The second-order valence-corrected chi connectivity index (χ2v) is 5.36. The van der Waals surface area contributed by atoms with E-state index >= 15 is 0 Å². The summed E-state index contributed by atoms with van der Waals surface area (Å²) in [4.78, 5) is 17.0. The van der Waals surface area contributed by atoms with Gasteiger partial charge in [0.1, 0.15) is 0 Å². The number of aromatic amines is 1. The van der Waals surface area contributed by atoms with Gasteiger partial charge in [-0.25, -0.2) is 4.98 Å². The number of hydrogen-bond acceptors (Lipinski definition) is 3. The fourth-order valence-corrected chi connectivity index (χ4v) is 2.56. The number of hydrogen-bond donors (Lipinski definition) is 1. The molecule has 1 heterocycles. The Kier molecular flexibility index (Phi) is 4.72. The van der Waals surface area contributed by atoms with Gasteiger partial charge in [0.25, 0.3) is 5.56 Å². The number of H-pyrrole nitrogens is 1. The lowest BCUT2D eigenvalue weighted by Gasteiger charge is -2.07. The topological polar surface area (TPSA) is 45.8 Å². The fraction of sp³-hybridized carbons (Fsp3) is 0.286. The molecule has 0 unspecified atom stereocenters. The molecule has 3 nitrogen and oxygen atoms in total. The van der Waals surface area contributed by atoms with E-state index in [0.29, 0.717) is 11.8 Å². The highest BCUT2D eigenvalue weighted by Gasteiger charge is 2.33. The number of halogens is 3. The summed E-state index contributed by atoms with van der Waals surface area (Å²) in [5.41, 5.74) is 0.149. The van der Waals surface area contributed by atoms with Gasteiger partial charge in [0.2, 0.25) is 0 Å². The van der Waals surface area contributed by atoms with Crippen LogP contribution in [0, 0.1) is 0 Å². The first kappa shape index (κ1) is 15.6. The molecule has 0 fully saturated rings. The number of thioether (sulfide) groups is 1. The first-order valence-electron chi connectivity index (χ1n) is 6.27. The Hall–Kier alpha value is -1.76. The Labute approximate surface area is 123 Å². The minimum Gasteiger partial charge on any atom is -0.301 e. The van der Waals surface area contributed by atoms with Gasteiger partial charge in [0.05, 0.1) is 0 Å². The third-order valence-corrected chi connectivity index (χ3v) is 3.73. The normalized spacial score (nSPS) is 11.6. The zero-order valence-corrected chi connectivity index (χ0v) is 12.0. The maximum absolute atomic E-state index is 12.6. The van der Waals surface area contributed by atoms with Crippen LogP contribution >= 0.6 is 11.8 Å². The van der Waals surface area contributed by atoms with Crippen LogP contribution in [0.2, 0.25) is 0 Å². The molecule has 112 valence electrons. The molecule has 0 spiro atoms. The standard InChI is InChI=1S/C14H13F3N2OS/c1-2-9-4-3-5-10(6-9)8-21-13-18-11(14(15,16)17)7-12(20)19-13/h3-7H,2,8H2,1H3,(H,18,19,20). The van der Waals surface area contributed by atoms with Crippen LogP contribution in [-0.4, -0.2) is 9.97 Å². The maximum Gasteiger partial charge on any atom is 0.433 e. The molecule has 2 rings (SSSR count). The van der Waals surface area contributed by atoms with E-state index in [4.69, 9.17) is 0 Å². The summed E-state index contributed by atoms with van der Waals surface area (Å²) in [6.07, 6.45) is -3.73. The molecule has 0 amide bonds. The van der Waals surface area contributed by atoms with E-state index in [2.05, 4.69) is 9.97 Å². The van der Waals surface area contributed by atoms with Gasteiger partial charge in [0.15, 0.2) is 10.9 Å². The van der Waals surface area contributed by atoms with Gasteiger partial charge in [-0.2, -0.15) is 13.2 Å². The summed E-state index contributed by atoms with van der Waals surface area (Å²) < 4.78 is 37.8. The van der Waals surface area contributed by atoms with E-state index in [1.807, 2.05) is 31.2 Å². The molecule has 0 radical (unpaired) electrons. The van der Waals surface area contributed by atoms with E-state index in [9.17, 15) is 18.0 Å². The molecule has 0 saturated carbocycles. The molecule has 1 aromatic heterocycles. The highest BCUT2D eigenvalue weighted by molar-refractivity contribution is 7.98. The van der Waals surface area contributed by atoms with Crippen molar-refractivity contribution in [2.45, 2.75) is 30.4 Å². The first-order valence-corrected chi connectivity index (χ1v) is 7.26. The average molecular weight is 314 g/mol. The minimum atomic E-state index is -4.62. The molecule has 0 atom stereocenters.